The van der Waals surface area contributed by atoms with Crippen LogP contribution in [0.15, 0.2) is 110 Å². The van der Waals surface area contributed by atoms with Crippen molar-refractivity contribution in [3.05, 3.63) is 126 Å². The second-order valence-electron chi connectivity index (χ2n) is 18.4. The zero-order valence-corrected chi connectivity index (χ0v) is 36.4. The molecule has 2 aromatic heterocycles. The molecule has 3 aromatic carbocycles. The number of nitrogens with zero attached hydrogens (tertiary/aromatic N) is 5. The highest BCUT2D eigenvalue weighted by Crippen LogP contribution is 2.43. The number of carboxylic acid groups (broad SMARTS) is 1. The van der Waals surface area contributed by atoms with E-state index in [0.29, 0.717) is 5.92 Å². The standard InChI is InChI=1S/C41H53N5OSi.C6H11NO2/c1-39(2,3)45-27-31(29-47-48(7,8)40(4,5)6)26-35(28-45)44-37-36-24-25-46(38(36)43-30-42-37)41(32-18-12-9-13-19-32,33-20-14-10-15-21-33)34-22-16-11-17-23-34;8-6(9)7-4-2-1-3-5-7/h9-25,30-31,35H,26-29H2,1-8H3,(H,42,43,44);1-5H2,(H,8,9)/t31-,35+;/m1./s1. The molecular formula is C47H64N6O3Si. The molecule has 2 atom stereocenters. The molecule has 0 unspecified atom stereocenters. The lowest BCUT2D eigenvalue weighted by Crippen LogP contribution is -2.55. The van der Waals surface area contributed by atoms with Crippen LogP contribution in [0.2, 0.25) is 18.1 Å². The van der Waals surface area contributed by atoms with Gasteiger partial charge in [0.15, 0.2) is 8.32 Å². The van der Waals surface area contributed by atoms with Crippen molar-refractivity contribution in [3.63, 3.8) is 0 Å². The smallest absolute Gasteiger partial charge is 0.407 e. The van der Waals surface area contributed by atoms with Crippen LogP contribution in [0.1, 0.15) is 83.9 Å². The molecule has 304 valence electrons. The van der Waals surface area contributed by atoms with Crippen molar-refractivity contribution in [1.29, 1.82) is 0 Å². The predicted molar refractivity (Wildman–Crippen MR) is 236 cm³/mol. The average Bonchev–Trinajstić information content (AvgIpc) is 3.64. The van der Waals surface area contributed by atoms with Gasteiger partial charge in [0.2, 0.25) is 0 Å². The Balaban J connectivity index is 0.000000538. The van der Waals surface area contributed by atoms with Crippen LogP contribution in [0.4, 0.5) is 10.6 Å². The third-order valence-electron chi connectivity index (χ3n) is 12.4. The zero-order chi connectivity index (χ0) is 40.8. The summed E-state index contributed by atoms with van der Waals surface area (Å²) in [6.45, 7) is 22.9. The van der Waals surface area contributed by atoms with Gasteiger partial charge in [0.05, 0.1) is 5.39 Å². The Morgan fingerprint density at radius 1 is 0.789 bits per heavy atom. The van der Waals surface area contributed by atoms with Crippen molar-refractivity contribution < 1.29 is 14.3 Å². The van der Waals surface area contributed by atoms with Gasteiger partial charge in [0.25, 0.3) is 0 Å². The monoisotopic (exact) mass is 788 g/mol. The molecule has 10 heteroatoms. The van der Waals surface area contributed by atoms with E-state index in [1.54, 1.807) is 6.33 Å². The van der Waals surface area contributed by atoms with Crippen molar-refractivity contribution >= 4 is 31.3 Å². The van der Waals surface area contributed by atoms with Gasteiger partial charge in [-0.2, -0.15) is 0 Å². The Kier molecular flexibility index (Phi) is 13.0. The maximum absolute atomic E-state index is 10.3. The van der Waals surface area contributed by atoms with E-state index in [0.717, 1.165) is 68.9 Å². The van der Waals surface area contributed by atoms with Gasteiger partial charge in [0, 0.05) is 50.6 Å². The lowest BCUT2D eigenvalue weighted by Gasteiger charge is -2.46. The first-order valence-corrected chi connectivity index (χ1v) is 23.6. The molecule has 5 aromatic rings. The molecule has 4 heterocycles. The molecule has 0 spiro atoms. The third-order valence-corrected chi connectivity index (χ3v) is 16.9. The van der Waals surface area contributed by atoms with Gasteiger partial charge in [-0.05, 0) is 93.3 Å². The number of amides is 1. The molecule has 2 N–H and O–H groups in total. The summed E-state index contributed by atoms with van der Waals surface area (Å²) in [5.41, 5.74) is 3.82. The molecule has 9 nitrogen and oxygen atoms in total. The molecule has 0 saturated carbocycles. The number of carbonyl (C=O) groups is 1. The molecule has 57 heavy (non-hydrogen) atoms. The Bertz CT molecular complexity index is 1940. The first-order chi connectivity index (χ1) is 27.1. The fourth-order valence-corrected chi connectivity index (χ4v) is 9.18. The van der Waals surface area contributed by atoms with E-state index < -0.39 is 19.9 Å². The van der Waals surface area contributed by atoms with Crippen LogP contribution in [0.5, 0.6) is 0 Å². The number of likely N-dealkylation sites (tertiary alicyclic amines) is 2. The van der Waals surface area contributed by atoms with Crippen molar-refractivity contribution in [2.45, 2.75) is 102 Å². The Labute approximate surface area is 341 Å². The fourth-order valence-electron chi connectivity index (χ4n) is 8.09. The van der Waals surface area contributed by atoms with Crippen molar-refractivity contribution in [2.24, 2.45) is 5.92 Å². The summed E-state index contributed by atoms with van der Waals surface area (Å²) in [6.07, 6.45) is 7.43. The maximum atomic E-state index is 10.3. The van der Waals surface area contributed by atoms with Gasteiger partial charge in [0.1, 0.15) is 23.3 Å². The van der Waals surface area contributed by atoms with E-state index in [9.17, 15) is 4.79 Å². The SMILES string of the molecule is CC(C)(C)N1C[C@H](CO[Si](C)(C)C(C)(C)C)C[C@H](Nc2ncnc3c2ccn3C(c2ccccc2)(c2ccccc2)c2ccccc2)C1.O=C(O)N1CCCCC1. The number of piperidine rings is 2. The number of rotatable bonds is 9. The molecule has 0 aliphatic carbocycles. The lowest BCUT2D eigenvalue weighted by atomic mass is 9.76. The van der Waals surface area contributed by atoms with Crippen LogP contribution in [0.3, 0.4) is 0 Å². The molecule has 0 radical (unpaired) electrons. The summed E-state index contributed by atoms with van der Waals surface area (Å²) < 4.78 is 9.13. The van der Waals surface area contributed by atoms with E-state index in [1.807, 2.05) is 0 Å². The summed E-state index contributed by atoms with van der Waals surface area (Å²) in [5, 5.41) is 13.6. The Morgan fingerprint density at radius 3 is 1.81 bits per heavy atom. The van der Waals surface area contributed by atoms with Crippen LogP contribution in [0, 0.1) is 5.92 Å². The third kappa shape index (κ3) is 9.45. The molecule has 2 aliphatic heterocycles. The highest BCUT2D eigenvalue weighted by atomic mass is 28.4. The van der Waals surface area contributed by atoms with Gasteiger partial charge < -0.3 is 24.3 Å². The van der Waals surface area contributed by atoms with E-state index in [4.69, 9.17) is 19.5 Å². The van der Waals surface area contributed by atoms with Crippen LogP contribution in [-0.4, -0.2) is 88.2 Å². The molecule has 2 aliphatic rings. The van der Waals surface area contributed by atoms with Crippen molar-refractivity contribution in [3.8, 4) is 0 Å². The minimum Gasteiger partial charge on any atom is -0.465 e. The minimum absolute atomic E-state index is 0.0561. The number of hydrogen-bond donors (Lipinski definition) is 2. The number of hydrogen-bond acceptors (Lipinski definition) is 6. The first-order valence-electron chi connectivity index (χ1n) is 20.7. The van der Waals surface area contributed by atoms with Gasteiger partial charge in [-0.3, -0.25) is 4.90 Å². The van der Waals surface area contributed by atoms with Gasteiger partial charge in [-0.15, -0.1) is 0 Å². The second-order valence-corrected chi connectivity index (χ2v) is 23.2. The summed E-state index contributed by atoms with van der Waals surface area (Å²) >= 11 is 0. The number of anilines is 1. The summed E-state index contributed by atoms with van der Waals surface area (Å²) in [4.78, 5) is 24.2. The molecule has 7 rings (SSSR count). The quantitative estimate of drug-likeness (QED) is 0.113. The minimum atomic E-state index is -1.85. The van der Waals surface area contributed by atoms with Crippen molar-refractivity contribution in [1.82, 2.24) is 24.3 Å². The van der Waals surface area contributed by atoms with E-state index >= 15 is 0 Å². The van der Waals surface area contributed by atoms with Crippen LogP contribution < -0.4 is 5.32 Å². The molecular weight excluding hydrogens is 725 g/mol. The number of fused-ring (bicyclic) bond motifs is 1. The lowest BCUT2D eigenvalue weighted by molar-refractivity contribution is 0.0519. The van der Waals surface area contributed by atoms with E-state index in [-0.39, 0.29) is 16.6 Å². The Hall–Kier alpha value is -4.51. The molecule has 2 saturated heterocycles. The van der Waals surface area contributed by atoms with Crippen LogP contribution in [0.25, 0.3) is 11.0 Å². The average molecular weight is 789 g/mol. The maximum Gasteiger partial charge on any atom is 0.407 e. The van der Waals surface area contributed by atoms with E-state index in [1.165, 1.54) is 28.0 Å². The topological polar surface area (TPSA) is 95.8 Å². The first kappa shape index (κ1) is 42.1. The fraction of sp³-hybridized carbons (Fsp3) is 0.468. The molecule has 1 amide bonds. The second kappa shape index (κ2) is 17.5. The molecule has 2 fully saturated rings. The molecule has 0 bridgehead atoms. The normalized spacial score (nSPS) is 18.5. The summed E-state index contributed by atoms with van der Waals surface area (Å²) in [5.74, 6) is 1.32. The van der Waals surface area contributed by atoms with Gasteiger partial charge >= 0.3 is 6.09 Å². The zero-order valence-electron chi connectivity index (χ0n) is 35.4. The number of benzene rings is 3. The Morgan fingerprint density at radius 2 is 1.33 bits per heavy atom. The predicted octanol–water partition coefficient (Wildman–Crippen LogP) is 10.3. The highest BCUT2D eigenvalue weighted by molar-refractivity contribution is 6.74. The van der Waals surface area contributed by atoms with E-state index in [2.05, 4.69) is 173 Å². The van der Waals surface area contributed by atoms with Crippen molar-refractivity contribution in [2.75, 3.05) is 38.1 Å². The van der Waals surface area contributed by atoms with Crippen LogP contribution in [-0.2, 0) is 9.96 Å². The van der Waals surface area contributed by atoms with Gasteiger partial charge in [-0.1, -0.05) is 112 Å². The summed E-state index contributed by atoms with van der Waals surface area (Å²) in [6, 6.07) is 34.7. The number of aromatic nitrogens is 3. The number of nitrogens with one attached hydrogen (secondary N) is 1. The van der Waals surface area contributed by atoms with Crippen LogP contribution >= 0.6 is 0 Å². The highest BCUT2D eigenvalue weighted by Gasteiger charge is 2.41. The largest absolute Gasteiger partial charge is 0.465 e. The van der Waals surface area contributed by atoms with Gasteiger partial charge in [-0.25, -0.2) is 14.8 Å². The summed E-state index contributed by atoms with van der Waals surface area (Å²) in [7, 11) is -1.85.